The van der Waals surface area contributed by atoms with Crippen molar-refractivity contribution in [2.45, 2.75) is 25.7 Å². The van der Waals surface area contributed by atoms with Gasteiger partial charge >= 0.3 is 0 Å². The topological polar surface area (TPSA) is 32.8 Å². The molecule has 4 nitrogen and oxygen atoms in total. The Bertz CT molecular complexity index is 532. The van der Waals surface area contributed by atoms with Crippen molar-refractivity contribution in [3.8, 4) is 5.75 Å². The lowest BCUT2D eigenvalue weighted by Gasteiger charge is -2.19. The maximum absolute atomic E-state index is 11.9. The maximum Gasteiger partial charge on any atom is 0.260 e. The lowest BCUT2D eigenvalue weighted by atomic mass is 10.2. The Kier molecular flexibility index (Phi) is 4.93. The molecular formula is C17H22N2O2S. The maximum atomic E-state index is 11.9. The standard InChI is InChI=1S/C17H22N2O2S/c20-16(18-9-1-2-10-18)13-21-15-7-5-14(6-8-15)17(22)19-11-3-4-12-19/h5-8H,1-4,9-13H2. The zero-order chi connectivity index (χ0) is 15.4. The van der Waals surface area contributed by atoms with Crippen LogP contribution in [0.25, 0.3) is 0 Å². The van der Waals surface area contributed by atoms with Crippen molar-refractivity contribution < 1.29 is 9.53 Å². The van der Waals surface area contributed by atoms with Gasteiger partial charge < -0.3 is 14.5 Å². The molecule has 0 unspecified atom stereocenters. The van der Waals surface area contributed by atoms with Crippen LogP contribution in [0.15, 0.2) is 24.3 Å². The molecule has 0 bridgehead atoms. The molecule has 5 heteroatoms. The first-order valence-electron chi connectivity index (χ1n) is 8.04. The van der Waals surface area contributed by atoms with Crippen LogP contribution in [0.1, 0.15) is 31.2 Å². The number of benzene rings is 1. The van der Waals surface area contributed by atoms with E-state index in [1.807, 2.05) is 29.2 Å². The van der Waals surface area contributed by atoms with Crippen LogP contribution in [-0.4, -0.2) is 53.5 Å². The van der Waals surface area contributed by atoms with Gasteiger partial charge in [-0.15, -0.1) is 0 Å². The first kappa shape index (κ1) is 15.3. The lowest BCUT2D eigenvalue weighted by molar-refractivity contribution is -0.132. The van der Waals surface area contributed by atoms with Crippen LogP contribution in [-0.2, 0) is 4.79 Å². The van der Waals surface area contributed by atoms with Gasteiger partial charge in [0, 0.05) is 31.7 Å². The zero-order valence-corrected chi connectivity index (χ0v) is 13.6. The number of ether oxygens (including phenoxy) is 1. The summed E-state index contributed by atoms with van der Waals surface area (Å²) in [6.45, 7) is 3.97. The number of carbonyl (C=O) groups excluding carboxylic acids is 1. The molecule has 2 aliphatic heterocycles. The minimum atomic E-state index is 0.0779. The molecule has 22 heavy (non-hydrogen) atoms. The van der Waals surface area contributed by atoms with Gasteiger partial charge in [-0.05, 0) is 49.9 Å². The van der Waals surface area contributed by atoms with Gasteiger partial charge in [0.25, 0.3) is 5.91 Å². The van der Waals surface area contributed by atoms with Crippen LogP contribution in [0.2, 0.25) is 0 Å². The highest BCUT2D eigenvalue weighted by atomic mass is 32.1. The molecule has 0 N–H and O–H groups in total. The molecular weight excluding hydrogens is 296 g/mol. The predicted molar refractivity (Wildman–Crippen MR) is 90.3 cm³/mol. The van der Waals surface area contributed by atoms with Crippen molar-refractivity contribution in [1.29, 1.82) is 0 Å². The third-order valence-corrected chi connectivity index (χ3v) is 4.81. The highest BCUT2D eigenvalue weighted by Gasteiger charge is 2.18. The Morgan fingerprint density at radius 3 is 2.09 bits per heavy atom. The Morgan fingerprint density at radius 2 is 1.50 bits per heavy atom. The molecule has 0 spiro atoms. The van der Waals surface area contributed by atoms with E-state index in [0.29, 0.717) is 0 Å². The number of hydrogen-bond donors (Lipinski definition) is 0. The molecule has 0 atom stereocenters. The fourth-order valence-corrected chi connectivity index (χ4v) is 3.32. The van der Waals surface area contributed by atoms with E-state index in [1.165, 1.54) is 12.8 Å². The number of nitrogens with zero attached hydrogens (tertiary/aromatic N) is 2. The summed E-state index contributed by atoms with van der Waals surface area (Å²) in [4.78, 5) is 17.0. The summed E-state index contributed by atoms with van der Waals surface area (Å²) < 4.78 is 5.59. The molecule has 0 aliphatic carbocycles. The largest absolute Gasteiger partial charge is 0.484 e. The molecule has 2 aliphatic rings. The van der Waals surface area contributed by atoms with Gasteiger partial charge in [-0.2, -0.15) is 0 Å². The van der Waals surface area contributed by atoms with Crippen molar-refractivity contribution in [2.75, 3.05) is 32.8 Å². The highest BCUT2D eigenvalue weighted by Crippen LogP contribution is 2.18. The quantitative estimate of drug-likeness (QED) is 0.799. The summed E-state index contributed by atoms with van der Waals surface area (Å²) in [5.74, 6) is 0.801. The highest BCUT2D eigenvalue weighted by molar-refractivity contribution is 7.80. The summed E-state index contributed by atoms with van der Waals surface area (Å²) in [5.41, 5.74) is 1.05. The van der Waals surface area contributed by atoms with E-state index in [9.17, 15) is 4.79 Å². The lowest BCUT2D eigenvalue weighted by Crippen LogP contribution is -2.32. The van der Waals surface area contributed by atoms with E-state index < -0.39 is 0 Å². The smallest absolute Gasteiger partial charge is 0.260 e. The molecule has 2 heterocycles. The van der Waals surface area contributed by atoms with E-state index in [2.05, 4.69) is 4.90 Å². The van der Waals surface area contributed by atoms with E-state index >= 15 is 0 Å². The Hall–Kier alpha value is -1.62. The summed E-state index contributed by atoms with van der Waals surface area (Å²) in [6, 6.07) is 7.76. The monoisotopic (exact) mass is 318 g/mol. The van der Waals surface area contributed by atoms with E-state index in [1.54, 1.807) is 0 Å². The van der Waals surface area contributed by atoms with E-state index in [0.717, 1.165) is 55.3 Å². The minimum absolute atomic E-state index is 0.0779. The first-order chi connectivity index (χ1) is 10.7. The normalized spacial score (nSPS) is 17.8. The van der Waals surface area contributed by atoms with Crippen LogP contribution < -0.4 is 4.74 Å². The van der Waals surface area contributed by atoms with Crippen molar-refractivity contribution in [3.05, 3.63) is 29.8 Å². The Balaban J connectivity index is 1.52. The van der Waals surface area contributed by atoms with Crippen LogP contribution in [0.5, 0.6) is 5.75 Å². The van der Waals surface area contributed by atoms with Gasteiger partial charge in [0.1, 0.15) is 10.7 Å². The molecule has 118 valence electrons. The summed E-state index contributed by atoms with van der Waals surface area (Å²) >= 11 is 5.53. The Morgan fingerprint density at radius 1 is 0.955 bits per heavy atom. The van der Waals surface area contributed by atoms with Crippen molar-refractivity contribution >= 4 is 23.1 Å². The predicted octanol–water partition coefficient (Wildman–Crippen LogP) is 2.46. The zero-order valence-electron chi connectivity index (χ0n) is 12.8. The second-order valence-electron chi connectivity index (χ2n) is 5.90. The van der Waals surface area contributed by atoms with Gasteiger partial charge in [0.05, 0.1) is 0 Å². The van der Waals surface area contributed by atoms with Gasteiger partial charge in [0.2, 0.25) is 0 Å². The number of likely N-dealkylation sites (tertiary alicyclic amines) is 2. The summed E-state index contributed by atoms with van der Waals surface area (Å²) in [6.07, 6.45) is 4.66. The molecule has 2 saturated heterocycles. The Labute approximate surface area is 137 Å². The van der Waals surface area contributed by atoms with Gasteiger partial charge in [-0.3, -0.25) is 4.79 Å². The van der Waals surface area contributed by atoms with Gasteiger partial charge in [-0.1, -0.05) is 12.2 Å². The van der Waals surface area contributed by atoms with Crippen LogP contribution >= 0.6 is 12.2 Å². The number of rotatable bonds is 4. The fraction of sp³-hybridized carbons (Fsp3) is 0.529. The second-order valence-corrected chi connectivity index (χ2v) is 6.29. The van der Waals surface area contributed by atoms with Crippen LogP contribution in [0.3, 0.4) is 0 Å². The third-order valence-electron chi connectivity index (χ3n) is 4.32. The van der Waals surface area contributed by atoms with Crippen LogP contribution in [0.4, 0.5) is 0 Å². The van der Waals surface area contributed by atoms with Crippen molar-refractivity contribution in [1.82, 2.24) is 9.80 Å². The number of carbonyl (C=O) groups is 1. The molecule has 2 fully saturated rings. The molecule has 1 aromatic carbocycles. The molecule has 1 amide bonds. The summed E-state index contributed by atoms with van der Waals surface area (Å²) in [7, 11) is 0. The van der Waals surface area contributed by atoms with E-state index in [4.69, 9.17) is 17.0 Å². The van der Waals surface area contributed by atoms with Gasteiger partial charge in [-0.25, -0.2) is 0 Å². The molecule has 3 rings (SSSR count). The number of thiocarbonyl (C=S) groups is 1. The van der Waals surface area contributed by atoms with Crippen LogP contribution in [0, 0.1) is 0 Å². The fourth-order valence-electron chi connectivity index (χ4n) is 3.00. The summed E-state index contributed by atoms with van der Waals surface area (Å²) in [5, 5.41) is 0. The average molecular weight is 318 g/mol. The SMILES string of the molecule is O=C(COc1ccc(C(=S)N2CCCC2)cc1)N1CCCC1. The van der Waals surface area contributed by atoms with Crippen molar-refractivity contribution in [3.63, 3.8) is 0 Å². The number of hydrogen-bond acceptors (Lipinski definition) is 3. The number of amides is 1. The third kappa shape index (κ3) is 3.58. The van der Waals surface area contributed by atoms with Crippen molar-refractivity contribution in [2.24, 2.45) is 0 Å². The second kappa shape index (κ2) is 7.09. The minimum Gasteiger partial charge on any atom is -0.484 e. The molecule has 1 aromatic rings. The van der Waals surface area contributed by atoms with E-state index in [-0.39, 0.29) is 12.5 Å². The molecule has 0 aromatic heterocycles. The first-order valence-corrected chi connectivity index (χ1v) is 8.45. The molecule has 0 saturated carbocycles. The molecule has 0 radical (unpaired) electrons. The van der Waals surface area contributed by atoms with Gasteiger partial charge in [0.15, 0.2) is 6.61 Å². The average Bonchev–Trinajstić information content (AvgIpc) is 3.25.